The highest BCUT2D eigenvalue weighted by molar-refractivity contribution is 6.63. The van der Waals surface area contributed by atoms with Crippen LogP contribution in [0.2, 0.25) is 0 Å². The number of hydrogen-bond acceptors (Lipinski definition) is 4. The zero-order chi connectivity index (χ0) is 20.6. The average molecular weight is 424 g/mol. The standard InChI is InChI=1S/C22H24ClF2NO3/c23-21(27)10-11-26-12-14-29-20(15-26)16-6-8-18(9-7-16)28-13-2-4-17-3-1-5-19(24)22(17)25/h1,3,5-9,20H,2,4,10-15H2. The predicted octanol–water partition coefficient (Wildman–Crippen LogP) is 4.51. The van der Waals surface area contributed by atoms with Gasteiger partial charge in [-0.05, 0) is 53.8 Å². The molecule has 1 aliphatic rings. The van der Waals surface area contributed by atoms with Crippen molar-refractivity contribution >= 4 is 16.8 Å². The summed E-state index contributed by atoms with van der Waals surface area (Å²) in [7, 11) is 0. The summed E-state index contributed by atoms with van der Waals surface area (Å²) < 4.78 is 38.4. The molecule has 1 atom stereocenters. The predicted molar refractivity (Wildman–Crippen MR) is 107 cm³/mol. The van der Waals surface area contributed by atoms with E-state index < -0.39 is 11.6 Å². The Hall–Kier alpha value is -2.02. The molecule has 0 bridgehead atoms. The summed E-state index contributed by atoms with van der Waals surface area (Å²) in [5.74, 6) is -0.889. The third-order valence-electron chi connectivity index (χ3n) is 4.92. The molecule has 4 nitrogen and oxygen atoms in total. The van der Waals surface area contributed by atoms with Crippen LogP contribution >= 0.6 is 11.6 Å². The Balaban J connectivity index is 1.45. The number of hydrogen-bond donors (Lipinski definition) is 0. The normalized spacial score (nSPS) is 17.3. The van der Waals surface area contributed by atoms with Crippen molar-refractivity contribution < 1.29 is 23.0 Å². The highest BCUT2D eigenvalue weighted by Gasteiger charge is 2.22. The molecule has 0 aliphatic carbocycles. The fraction of sp³-hybridized carbons (Fsp3) is 0.409. The fourth-order valence-corrected chi connectivity index (χ4v) is 3.41. The van der Waals surface area contributed by atoms with Crippen LogP contribution in [0.3, 0.4) is 0 Å². The molecule has 0 saturated carbocycles. The van der Waals surface area contributed by atoms with E-state index in [1.165, 1.54) is 6.07 Å². The van der Waals surface area contributed by atoms with Crippen LogP contribution < -0.4 is 4.74 Å². The summed E-state index contributed by atoms with van der Waals surface area (Å²) in [4.78, 5) is 13.1. The second-order valence-corrected chi connectivity index (χ2v) is 7.42. The molecule has 0 radical (unpaired) electrons. The zero-order valence-corrected chi connectivity index (χ0v) is 16.8. The fourth-order valence-electron chi connectivity index (χ4n) is 3.33. The molecule has 0 spiro atoms. The van der Waals surface area contributed by atoms with E-state index in [4.69, 9.17) is 21.1 Å². The van der Waals surface area contributed by atoms with Gasteiger partial charge in [0.05, 0.1) is 19.3 Å². The van der Waals surface area contributed by atoms with Crippen LogP contribution in [-0.4, -0.2) is 43.0 Å². The maximum absolute atomic E-state index is 13.6. The Kier molecular flexibility index (Phi) is 7.98. The van der Waals surface area contributed by atoms with Crippen molar-refractivity contribution in [2.45, 2.75) is 25.4 Å². The number of aryl methyl sites for hydroxylation is 1. The Morgan fingerprint density at radius 3 is 2.76 bits per heavy atom. The monoisotopic (exact) mass is 423 g/mol. The number of morpholine rings is 1. The van der Waals surface area contributed by atoms with Gasteiger partial charge in [-0.25, -0.2) is 8.78 Å². The summed E-state index contributed by atoms with van der Waals surface area (Å²) in [6, 6.07) is 11.9. The molecule has 1 aliphatic heterocycles. The summed E-state index contributed by atoms with van der Waals surface area (Å²) in [6.45, 7) is 3.15. The Morgan fingerprint density at radius 2 is 2.00 bits per heavy atom. The number of benzene rings is 2. The van der Waals surface area contributed by atoms with Crippen LogP contribution in [0.1, 0.15) is 30.1 Å². The molecular formula is C22H24ClF2NO3. The van der Waals surface area contributed by atoms with Crippen molar-refractivity contribution in [3.63, 3.8) is 0 Å². The van der Waals surface area contributed by atoms with Gasteiger partial charge in [0.15, 0.2) is 11.6 Å². The molecule has 1 saturated heterocycles. The van der Waals surface area contributed by atoms with Crippen LogP contribution in [0.5, 0.6) is 5.75 Å². The maximum Gasteiger partial charge on any atom is 0.222 e. The molecule has 29 heavy (non-hydrogen) atoms. The van der Waals surface area contributed by atoms with Crippen LogP contribution in [0.4, 0.5) is 8.78 Å². The maximum atomic E-state index is 13.6. The molecule has 0 amide bonds. The number of ether oxygens (including phenoxy) is 2. The SMILES string of the molecule is O=C(Cl)CCN1CCOC(c2ccc(OCCCc3cccc(F)c3F)cc2)C1. The van der Waals surface area contributed by atoms with E-state index in [1.807, 2.05) is 24.3 Å². The van der Waals surface area contributed by atoms with Crippen LogP contribution in [0.25, 0.3) is 0 Å². The topological polar surface area (TPSA) is 38.8 Å². The average Bonchev–Trinajstić information content (AvgIpc) is 2.73. The number of nitrogens with zero attached hydrogens (tertiary/aromatic N) is 1. The van der Waals surface area contributed by atoms with Crippen molar-refractivity contribution in [2.24, 2.45) is 0 Å². The summed E-state index contributed by atoms with van der Waals surface area (Å²) in [5, 5.41) is -0.324. The summed E-state index contributed by atoms with van der Waals surface area (Å²) in [5.41, 5.74) is 1.40. The van der Waals surface area contributed by atoms with E-state index in [0.717, 1.165) is 18.2 Å². The molecule has 2 aromatic carbocycles. The number of halogens is 3. The third kappa shape index (κ3) is 6.49. The molecule has 0 N–H and O–H groups in total. The van der Waals surface area contributed by atoms with E-state index in [2.05, 4.69) is 4.90 Å². The third-order valence-corrected chi connectivity index (χ3v) is 5.11. The van der Waals surface area contributed by atoms with Crippen molar-refractivity contribution in [3.8, 4) is 5.75 Å². The van der Waals surface area contributed by atoms with E-state index in [9.17, 15) is 13.6 Å². The van der Waals surface area contributed by atoms with E-state index >= 15 is 0 Å². The van der Waals surface area contributed by atoms with Crippen LogP contribution in [0, 0.1) is 11.6 Å². The van der Waals surface area contributed by atoms with Crippen LogP contribution in [0.15, 0.2) is 42.5 Å². The lowest BCUT2D eigenvalue weighted by atomic mass is 10.1. The van der Waals surface area contributed by atoms with Gasteiger partial charge in [-0.1, -0.05) is 24.3 Å². The van der Waals surface area contributed by atoms with Gasteiger partial charge in [-0.2, -0.15) is 0 Å². The van der Waals surface area contributed by atoms with Gasteiger partial charge < -0.3 is 9.47 Å². The van der Waals surface area contributed by atoms with Gasteiger partial charge >= 0.3 is 0 Å². The Bertz CT molecular complexity index is 816. The van der Waals surface area contributed by atoms with Gasteiger partial charge in [0.1, 0.15) is 5.75 Å². The zero-order valence-electron chi connectivity index (χ0n) is 16.1. The number of carbonyl (C=O) groups excluding carboxylic acids is 1. The largest absolute Gasteiger partial charge is 0.494 e. The van der Waals surface area contributed by atoms with E-state index in [1.54, 1.807) is 6.07 Å². The van der Waals surface area contributed by atoms with E-state index in [-0.39, 0.29) is 11.3 Å². The minimum Gasteiger partial charge on any atom is -0.494 e. The highest BCUT2D eigenvalue weighted by atomic mass is 35.5. The Labute approximate surface area is 174 Å². The second kappa shape index (κ2) is 10.7. The van der Waals surface area contributed by atoms with Crippen molar-refractivity contribution in [3.05, 3.63) is 65.2 Å². The lowest BCUT2D eigenvalue weighted by Crippen LogP contribution is -2.39. The summed E-state index contributed by atoms with van der Waals surface area (Å²) in [6.07, 6.45) is 1.28. The molecule has 3 rings (SSSR count). The summed E-state index contributed by atoms with van der Waals surface area (Å²) >= 11 is 5.42. The molecular weight excluding hydrogens is 400 g/mol. The van der Waals surface area contributed by atoms with Gasteiger partial charge in [0.2, 0.25) is 5.24 Å². The molecule has 1 heterocycles. The first-order valence-corrected chi connectivity index (χ1v) is 10.1. The van der Waals surface area contributed by atoms with Gasteiger partial charge in [0, 0.05) is 26.1 Å². The lowest BCUT2D eigenvalue weighted by molar-refractivity contribution is -0.112. The number of carbonyl (C=O) groups is 1. The molecule has 156 valence electrons. The quantitative estimate of drug-likeness (QED) is 0.439. The lowest BCUT2D eigenvalue weighted by Gasteiger charge is -2.32. The van der Waals surface area contributed by atoms with Gasteiger partial charge in [-0.15, -0.1) is 0 Å². The molecule has 1 unspecified atom stereocenters. The molecule has 7 heteroatoms. The van der Waals surface area contributed by atoms with Crippen LogP contribution in [-0.2, 0) is 16.0 Å². The van der Waals surface area contributed by atoms with Gasteiger partial charge in [-0.3, -0.25) is 9.69 Å². The second-order valence-electron chi connectivity index (χ2n) is 7.00. The highest BCUT2D eigenvalue weighted by Crippen LogP contribution is 2.24. The molecule has 2 aromatic rings. The minimum absolute atomic E-state index is 0.0563. The number of rotatable bonds is 9. The minimum atomic E-state index is -0.822. The Morgan fingerprint density at radius 1 is 1.21 bits per heavy atom. The van der Waals surface area contributed by atoms with Crippen molar-refractivity contribution in [1.82, 2.24) is 4.90 Å². The van der Waals surface area contributed by atoms with Gasteiger partial charge in [0.25, 0.3) is 0 Å². The van der Waals surface area contributed by atoms with Crippen molar-refractivity contribution in [2.75, 3.05) is 32.8 Å². The first-order valence-electron chi connectivity index (χ1n) is 9.71. The first-order chi connectivity index (χ1) is 14.0. The van der Waals surface area contributed by atoms with E-state index in [0.29, 0.717) is 56.9 Å². The molecule has 0 aromatic heterocycles. The van der Waals surface area contributed by atoms with Crippen molar-refractivity contribution in [1.29, 1.82) is 0 Å². The smallest absolute Gasteiger partial charge is 0.222 e. The molecule has 1 fully saturated rings. The first kappa shape index (κ1) is 21.7.